The summed E-state index contributed by atoms with van der Waals surface area (Å²) in [4.78, 5) is 3.40. The first-order chi connectivity index (χ1) is 4.43. The summed E-state index contributed by atoms with van der Waals surface area (Å²) in [5.74, 6) is 0.458. The van der Waals surface area contributed by atoms with Crippen molar-refractivity contribution in [2.24, 2.45) is 4.99 Å². The lowest BCUT2D eigenvalue weighted by Gasteiger charge is -1.95. The van der Waals surface area contributed by atoms with Gasteiger partial charge in [-0.15, -0.1) is 0 Å². The first-order valence-corrected chi connectivity index (χ1v) is 2.44. The van der Waals surface area contributed by atoms with Crippen molar-refractivity contribution in [2.45, 2.75) is 0 Å². The van der Waals surface area contributed by atoms with E-state index in [1.165, 1.54) is 0 Å². The average Bonchev–Trinajstić information content (AvgIpc) is 1.91. The van der Waals surface area contributed by atoms with Crippen molar-refractivity contribution in [1.82, 2.24) is 5.32 Å². The van der Waals surface area contributed by atoms with E-state index in [0.717, 1.165) is 0 Å². The fourth-order valence-corrected chi connectivity index (χ4v) is 0.471. The van der Waals surface area contributed by atoms with Gasteiger partial charge in [-0.25, -0.2) is 5.32 Å². The van der Waals surface area contributed by atoms with Crippen LogP contribution in [0.3, 0.4) is 0 Å². The van der Waals surface area contributed by atoms with Crippen LogP contribution in [0.2, 0.25) is 0 Å². The molecule has 0 aromatic rings. The molecular formula is C6H4N3. The van der Waals surface area contributed by atoms with Crippen LogP contribution >= 0.6 is 0 Å². The number of rotatable bonds is 0. The van der Waals surface area contributed by atoms with Crippen molar-refractivity contribution < 1.29 is 0 Å². The normalized spacial score (nSPS) is 19.2. The van der Waals surface area contributed by atoms with Crippen molar-refractivity contribution in [2.75, 3.05) is 0 Å². The van der Waals surface area contributed by atoms with Crippen LogP contribution in [0.1, 0.15) is 0 Å². The van der Waals surface area contributed by atoms with E-state index in [2.05, 4.69) is 10.3 Å². The smallest absolute Gasteiger partial charge is 0.207 e. The Morgan fingerprint density at radius 1 is 1.56 bits per heavy atom. The maximum atomic E-state index is 8.06. The van der Waals surface area contributed by atoms with Gasteiger partial charge in [0.25, 0.3) is 0 Å². The highest BCUT2D eigenvalue weighted by Crippen LogP contribution is 1.88. The zero-order chi connectivity index (χ0) is 6.53. The van der Waals surface area contributed by atoms with E-state index < -0.39 is 0 Å². The van der Waals surface area contributed by atoms with Crippen molar-refractivity contribution >= 4 is 5.84 Å². The fourth-order valence-electron chi connectivity index (χ4n) is 0.471. The van der Waals surface area contributed by atoms with Crippen LogP contribution in [-0.2, 0) is 0 Å². The molecule has 0 saturated heterocycles. The summed E-state index contributed by atoms with van der Waals surface area (Å²) in [6, 6.07) is 0. The monoisotopic (exact) mass is 118 g/mol. The van der Waals surface area contributed by atoms with Gasteiger partial charge in [0.1, 0.15) is 0 Å². The maximum absolute atomic E-state index is 8.06. The number of nitriles is 1. The molecule has 0 bridgehead atoms. The van der Waals surface area contributed by atoms with Crippen molar-refractivity contribution in [3.8, 4) is 6.19 Å². The van der Waals surface area contributed by atoms with Gasteiger partial charge in [-0.05, 0) is 12.2 Å². The molecule has 1 heterocycles. The van der Waals surface area contributed by atoms with Crippen LogP contribution in [0.4, 0.5) is 0 Å². The summed E-state index contributed by atoms with van der Waals surface area (Å²) in [6.45, 7) is 0. The van der Waals surface area contributed by atoms with E-state index in [-0.39, 0.29) is 0 Å². The maximum Gasteiger partial charge on any atom is 0.207 e. The summed E-state index contributed by atoms with van der Waals surface area (Å²) >= 11 is 0. The minimum atomic E-state index is 0.458. The Hall–Kier alpha value is -1.56. The first-order valence-electron chi connectivity index (χ1n) is 2.44. The number of aliphatic imine (C=N–C) groups is 1. The zero-order valence-electron chi connectivity index (χ0n) is 4.65. The number of allylic oxidation sites excluding steroid dienone is 2. The van der Waals surface area contributed by atoms with Crippen LogP contribution in [0.5, 0.6) is 0 Å². The third-order valence-corrected chi connectivity index (χ3v) is 0.814. The summed E-state index contributed by atoms with van der Waals surface area (Å²) in [7, 11) is 0. The van der Waals surface area contributed by atoms with Crippen LogP contribution in [-0.4, -0.2) is 5.84 Å². The van der Waals surface area contributed by atoms with E-state index in [0.29, 0.717) is 5.84 Å². The predicted octanol–water partition coefficient (Wildman–Crippen LogP) is 0.554. The number of hydrogen-bond donors (Lipinski definition) is 0. The Morgan fingerprint density at radius 2 is 2.44 bits per heavy atom. The van der Waals surface area contributed by atoms with Crippen LogP contribution in [0, 0.1) is 11.5 Å². The second-order valence-electron chi connectivity index (χ2n) is 1.40. The van der Waals surface area contributed by atoms with Gasteiger partial charge in [-0.1, -0.05) is 6.08 Å². The molecular weight excluding hydrogens is 114 g/mol. The van der Waals surface area contributed by atoms with Gasteiger partial charge < -0.3 is 0 Å². The highest BCUT2D eigenvalue weighted by Gasteiger charge is 1.92. The molecule has 0 fully saturated rings. The minimum absolute atomic E-state index is 0.458. The second-order valence-corrected chi connectivity index (χ2v) is 1.40. The Bertz CT molecular complexity index is 217. The predicted molar refractivity (Wildman–Crippen MR) is 33.5 cm³/mol. The van der Waals surface area contributed by atoms with Crippen LogP contribution in [0.25, 0.3) is 0 Å². The SMILES string of the molecule is N#CN=C1C=CC=C[N]1. The molecule has 0 N–H and O–H groups in total. The topological polar surface area (TPSA) is 50.2 Å². The Balaban J connectivity index is 2.69. The van der Waals surface area contributed by atoms with Crippen molar-refractivity contribution in [1.29, 1.82) is 5.26 Å². The molecule has 1 radical (unpaired) electrons. The molecule has 43 valence electrons. The lowest BCUT2D eigenvalue weighted by molar-refractivity contribution is 1.23. The quantitative estimate of drug-likeness (QED) is 0.428. The molecule has 0 unspecified atom stereocenters. The third-order valence-electron chi connectivity index (χ3n) is 0.814. The highest BCUT2D eigenvalue weighted by molar-refractivity contribution is 5.95. The standard InChI is InChI=1S/C6H4N3/c7-5-9-6-3-1-2-4-8-6/h1-4H. The summed E-state index contributed by atoms with van der Waals surface area (Å²) in [5.41, 5.74) is 0. The Morgan fingerprint density at radius 3 is 3.00 bits per heavy atom. The summed E-state index contributed by atoms with van der Waals surface area (Å²) in [6.07, 6.45) is 8.46. The van der Waals surface area contributed by atoms with Crippen LogP contribution < -0.4 is 5.32 Å². The van der Waals surface area contributed by atoms with Gasteiger partial charge in [-0.2, -0.15) is 10.3 Å². The third kappa shape index (κ3) is 1.42. The van der Waals surface area contributed by atoms with E-state index in [4.69, 9.17) is 5.26 Å². The molecule has 3 heteroatoms. The molecule has 0 spiro atoms. The molecule has 0 amide bonds. The van der Waals surface area contributed by atoms with Gasteiger partial charge in [0.05, 0.1) is 0 Å². The Kier molecular flexibility index (Phi) is 1.66. The van der Waals surface area contributed by atoms with Crippen molar-refractivity contribution in [3.63, 3.8) is 0 Å². The van der Waals surface area contributed by atoms with Crippen molar-refractivity contribution in [3.05, 3.63) is 24.4 Å². The molecule has 0 aromatic heterocycles. The van der Waals surface area contributed by atoms with E-state index >= 15 is 0 Å². The molecule has 9 heavy (non-hydrogen) atoms. The largest absolute Gasteiger partial charge is 0.236 e. The lowest BCUT2D eigenvalue weighted by atomic mass is 10.4. The van der Waals surface area contributed by atoms with Gasteiger partial charge in [0, 0.05) is 6.20 Å². The van der Waals surface area contributed by atoms with Crippen LogP contribution in [0.15, 0.2) is 29.4 Å². The summed E-state index contributed by atoms with van der Waals surface area (Å²) in [5, 5.41) is 11.8. The van der Waals surface area contributed by atoms with E-state index in [1.54, 1.807) is 30.6 Å². The van der Waals surface area contributed by atoms with Gasteiger partial charge in [0.2, 0.25) is 6.19 Å². The minimum Gasteiger partial charge on any atom is -0.236 e. The van der Waals surface area contributed by atoms with E-state index in [9.17, 15) is 0 Å². The average molecular weight is 118 g/mol. The second kappa shape index (κ2) is 2.68. The number of hydrogen-bond acceptors (Lipinski definition) is 2. The number of amidine groups is 1. The highest BCUT2D eigenvalue weighted by atomic mass is 15.0. The van der Waals surface area contributed by atoms with E-state index in [1.807, 2.05) is 0 Å². The summed E-state index contributed by atoms with van der Waals surface area (Å²) < 4.78 is 0. The zero-order valence-corrected chi connectivity index (χ0v) is 4.65. The number of nitrogens with zero attached hydrogens (tertiary/aromatic N) is 3. The Labute approximate surface area is 53.0 Å². The molecule has 0 aliphatic carbocycles. The molecule has 0 aromatic carbocycles. The molecule has 0 saturated carbocycles. The van der Waals surface area contributed by atoms with Gasteiger partial charge in [0.15, 0.2) is 5.84 Å². The molecule has 0 atom stereocenters. The molecule has 3 nitrogen and oxygen atoms in total. The molecule has 1 rings (SSSR count). The molecule has 1 aliphatic heterocycles. The molecule has 1 aliphatic rings. The lowest BCUT2D eigenvalue weighted by Crippen LogP contribution is -2.07. The van der Waals surface area contributed by atoms with Gasteiger partial charge in [-0.3, -0.25) is 0 Å². The van der Waals surface area contributed by atoms with Gasteiger partial charge >= 0.3 is 0 Å². The fraction of sp³-hybridized carbons (Fsp3) is 0. The first kappa shape index (κ1) is 5.57.